The molecule has 0 heterocycles. The van der Waals surface area contributed by atoms with Crippen molar-refractivity contribution in [2.45, 2.75) is 44.1 Å². The third-order valence-electron chi connectivity index (χ3n) is 3.41. The summed E-state index contributed by atoms with van der Waals surface area (Å²) in [6.07, 6.45) is 6.02. The number of rotatable bonds is 5. The van der Waals surface area contributed by atoms with E-state index in [2.05, 4.69) is 0 Å². The van der Waals surface area contributed by atoms with Gasteiger partial charge in [0.25, 0.3) is 0 Å². The number of amides is 1. The molecule has 1 aliphatic rings. The Bertz CT molecular complexity index is 225. The molecule has 0 saturated heterocycles. The average Bonchev–Trinajstić information content (AvgIpc) is 2.26. The molecule has 0 aromatic carbocycles. The van der Waals surface area contributed by atoms with E-state index in [9.17, 15) is 4.79 Å². The number of hydrogen-bond acceptors (Lipinski definition) is 3. The predicted molar refractivity (Wildman–Crippen MR) is 64.1 cm³/mol. The molecular weight excluding hydrogens is 204 g/mol. The van der Waals surface area contributed by atoms with Crippen LogP contribution in [0.5, 0.6) is 0 Å². The maximum atomic E-state index is 11.9. The van der Waals surface area contributed by atoms with Gasteiger partial charge in [-0.05, 0) is 12.8 Å². The van der Waals surface area contributed by atoms with Crippen molar-refractivity contribution in [1.82, 2.24) is 4.90 Å². The molecule has 2 N–H and O–H groups in total. The Labute approximate surface area is 98.1 Å². The highest BCUT2D eigenvalue weighted by molar-refractivity contribution is 5.77. The molecule has 94 valence electrons. The smallest absolute Gasteiger partial charge is 0.224 e. The van der Waals surface area contributed by atoms with Crippen molar-refractivity contribution >= 4 is 5.91 Å². The molecule has 0 aromatic heterocycles. The van der Waals surface area contributed by atoms with E-state index in [0.717, 1.165) is 25.7 Å². The summed E-state index contributed by atoms with van der Waals surface area (Å²) in [6.45, 7) is 1.23. The Morgan fingerprint density at radius 2 is 2.00 bits per heavy atom. The monoisotopic (exact) mass is 228 g/mol. The minimum atomic E-state index is -0.253. The summed E-state index contributed by atoms with van der Waals surface area (Å²) in [7, 11) is 3.46. The molecular formula is C12H24N2O2. The molecule has 0 aliphatic heterocycles. The number of methoxy groups -OCH3 is 1. The molecule has 0 atom stereocenters. The van der Waals surface area contributed by atoms with E-state index in [0.29, 0.717) is 19.6 Å². The van der Waals surface area contributed by atoms with Gasteiger partial charge in [-0.3, -0.25) is 4.79 Å². The van der Waals surface area contributed by atoms with Crippen LogP contribution in [-0.4, -0.2) is 43.7 Å². The summed E-state index contributed by atoms with van der Waals surface area (Å²) in [5.41, 5.74) is 5.99. The number of nitrogens with zero attached hydrogens (tertiary/aromatic N) is 1. The third kappa shape index (κ3) is 4.10. The second-order valence-corrected chi connectivity index (χ2v) is 4.91. The molecule has 4 heteroatoms. The topological polar surface area (TPSA) is 55.6 Å². The van der Waals surface area contributed by atoms with Crippen molar-refractivity contribution in [3.8, 4) is 0 Å². The molecule has 1 aliphatic carbocycles. The number of hydrogen-bond donors (Lipinski definition) is 1. The maximum Gasteiger partial charge on any atom is 0.224 e. The lowest BCUT2D eigenvalue weighted by Gasteiger charge is -2.34. The number of carbonyl (C=O) groups is 1. The highest BCUT2D eigenvalue weighted by atomic mass is 16.5. The van der Waals surface area contributed by atoms with Gasteiger partial charge in [-0.1, -0.05) is 19.3 Å². The summed E-state index contributed by atoms with van der Waals surface area (Å²) in [6, 6.07) is 0. The van der Waals surface area contributed by atoms with Crippen LogP contribution in [0.15, 0.2) is 0 Å². The number of carbonyl (C=O) groups excluding carboxylic acids is 1. The van der Waals surface area contributed by atoms with Crippen molar-refractivity contribution in [2.24, 2.45) is 5.73 Å². The van der Waals surface area contributed by atoms with Crippen molar-refractivity contribution < 1.29 is 9.53 Å². The molecule has 0 bridgehead atoms. The largest absolute Gasteiger partial charge is 0.383 e. The van der Waals surface area contributed by atoms with Gasteiger partial charge in [0.2, 0.25) is 5.91 Å². The lowest BCUT2D eigenvalue weighted by molar-refractivity contribution is -0.132. The van der Waals surface area contributed by atoms with E-state index in [4.69, 9.17) is 10.5 Å². The summed E-state index contributed by atoms with van der Waals surface area (Å²) in [5.74, 6) is 0.140. The summed E-state index contributed by atoms with van der Waals surface area (Å²) >= 11 is 0. The minimum Gasteiger partial charge on any atom is -0.383 e. The van der Waals surface area contributed by atoms with Gasteiger partial charge in [-0.15, -0.1) is 0 Å². The molecule has 0 unspecified atom stereocenters. The van der Waals surface area contributed by atoms with Gasteiger partial charge in [-0.25, -0.2) is 0 Å². The van der Waals surface area contributed by atoms with Gasteiger partial charge in [0.05, 0.1) is 6.61 Å². The van der Waals surface area contributed by atoms with Gasteiger partial charge < -0.3 is 15.4 Å². The maximum absolute atomic E-state index is 11.9. The molecule has 16 heavy (non-hydrogen) atoms. The van der Waals surface area contributed by atoms with Crippen LogP contribution in [0, 0.1) is 0 Å². The first kappa shape index (κ1) is 13.5. The van der Waals surface area contributed by atoms with Crippen molar-refractivity contribution in [2.75, 3.05) is 27.3 Å². The zero-order chi connectivity index (χ0) is 12.0. The molecule has 1 rings (SSSR count). The first-order valence-electron chi connectivity index (χ1n) is 6.09. The fraction of sp³-hybridized carbons (Fsp3) is 0.917. The minimum absolute atomic E-state index is 0.140. The summed E-state index contributed by atoms with van der Waals surface area (Å²) in [5, 5.41) is 0. The average molecular weight is 228 g/mol. The van der Waals surface area contributed by atoms with E-state index >= 15 is 0 Å². The van der Waals surface area contributed by atoms with Crippen LogP contribution in [0.3, 0.4) is 0 Å². The fourth-order valence-corrected chi connectivity index (χ4v) is 2.22. The van der Waals surface area contributed by atoms with Crippen LogP contribution in [0.1, 0.15) is 38.5 Å². The Kier molecular flexibility index (Phi) is 5.22. The van der Waals surface area contributed by atoms with Crippen LogP contribution in [0.25, 0.3) is 0 Å². The van der Waals surface area contributed by atoms with Crippen LogP contribution in [0.2, 0.25) is 0 Å². The van der Waals surface area contributed by atoms with Crippen LogP contribution in [-0.2, 0) is 9.53 Å². The third-order valence-corrected chi connectivity index (χ3v) is 3.41. The number of ether oxygens (including phenoxy) is 1. The molecule has 1 fully saturated rings. The van der Waals surface area contributed by atoms with Gasteiger partial charge >= 0.3 is 0 Å². The zero-order valence-electron chi connectivity index (χ0n) is 10.5. The van der Waals surface area contributed by atoms with Gasteiger partial charge in [0.15, 0.2) is 0 Å². The molecule has 0 aromatic rings. The molecule has 0 spiro atoms. The molecule has 1 saturated carbocycles. The highest BCUT2D eigenvalue weighted by Crippen LogP contribution is 2.28. The first-order chi connectivity index (χ1) is 7.57. The van der Waals surface area contributed by atoms with Crippen molar-refractivity contribution in [3.05, 3.63) is 0 Å². The summed E-state index contributed by atoms with van der Waals surface area (Å²) < 4.78 is 4.95. The molecule has 0 radical (unpaired) electrons. The van der Waals surface area contributed by atoms with Crippen molar-refractivity contribution in [3.63, 3.8) is 0 Å². The van der Waals surface area contributed by atoms with Crippen LogP contribution < -0.4 is 5.73 Å². The van der Waals surface area contributed by atoms with E-state index < -0.39 is 0 Å². The van der Waals surface area contributed by atoms with E-state index in [-0.39, 0.29) is 11.4 Å². The van der Waals surface area contributed by atoms with Gasteiger partial charge in [-0.2, -0.15) is 0 Å². The molecule has 4 nitrogen and oxygen atoms in total. The lowest BCUT2D eigenvalue weighted by atomic mass is 9.80. The Morgan fingerprint density at radius 1 is 1.38 bits per heavy atom. The Balaban J connectivity index is 2.36. The Hall–Kier alpha value is -0.610. The lowest BCUT2D eigenvalue weighted by Crippen LogP contribution is -2.46. The van der Waals surface area contributed by atoms with Crippen LogP contribution >= 0.6 is 0 Å². The zero-order valence-corrected chi connectivity index (χ0v) is 10.5. The second-order valence-electron chi connectivity index (χ2n) is 4.91. The van der Waals surface area contributed by atoms with E-state index in [1.807, 2.05) is 7.05 Å². The number of likely N-dealkylation sites (N-methyl/N-ethyl adjacent to an activating group) is 1. The van der Waals surface area contributed by atoms with Crippen molar-refractivity contribution in [1.29, 1.82) is 0 Å². The normalized spacial score (nSPS) is 19.4. The summed E-state index contributed by atoms with van der Waals surface area (Å²) in [4.78, 5) is 13.6. The SMILES string of the molecule is COCCN(C)C(=O)CC1(N)CCCCC1. The first-order valence-corrected chi connectivity index (χ1v) is 6.09. The predicted octanol–water partition coefficient (Wildman–Crippen LogP) is 1.14. The fourth-order valence-electron chi connectivity index (χ4n) is 2.22. The van der Waals surface area contributed by atoms with E-state index in [1.54, 1.807) is 12.0 Å². The quantitative estimate of drug-likeness (QED) is 0.768. The van der Waals surface area contributed by atoms with E-state index in [1.165, 1.54) is 6.42 Å². The second kappa shape index (κ2) is 6.21. The van der Waals surface area contributed by atoms with Gasteiger partial charge in [0.1, 0.15) is 0 Å². The Morgan fingerprint density at radius 3 is 2.56 bits per heavy atom. The standard InChI is InChI=1S/C12H24N2O2/c1-14(8-9-16-2)11(15)10-12(13)6-4-3-5-7-12/h3-10,13H2,1-2H3. The molecule has 1 amide bonds. The van der Waals surface area contributed by atoms with Crippen LogP contribution in [0.4, 0.5) is 0 Å². The highest BCUT2D eigenvalue weighted by Gasteiger charge is 2.30. The number of nitrogens with two attached hydrogens (primary N) is 1. The van der Waals surface area contributed by atoms with Gasteiger partial charge in [0, 0.05) is 32.7 Å².